The smallest absolute Gasteiger partial charge is 0.213 e. The summed E-state index contributed by atoms with van der Waals surface area (Å²) in [5.74, 6) is 1.69. The van der Waals surface area contributed by atoms with E-state index in [2.05, 4.69) is 22.5 Å². The number of methoxy groups -OCH3 is 1. The van der Waals surface area contributed by atoms with E-state index in [1.807, 2.05) is 42.5 Å². The number of rotatable bonds is 3. The van der Waals surface area contributed by atoms with Crippen molar-refractivity contribution >= 4 is 28.6 Å². The molecule has 2 atom stereocenters. The molecular formula is C21H17ClN2O2S. The van der Waals surface area contributed by atoms with Gasteiger partial charge in [-0.3, -0.25) is 0 Å². The van der Waals surface area contributed by atoms with Crippen LogP contribution in [0.5, 0.6) is 11.5 Å². The first-order valence-corrected chi connectivity index (χ1v) is 9.98. The molecule has 136 valence electrons. The van der Waals surface area contributed by atoms with E-state index in [0.29, 0.717) is 5.02 Å². The highest BCUT2D eigenvalue weighted by atomic mass is 35.5. The molecule has 3 heterocycles. The molecule has 0 N–H and O–H groups in total. The zero-order chi connectivity index (χ0) is 18.4. The largest absolute Gasteiger partial charge is 0.497 e. The number of hydrazone groups is 1. The molecule has 0 saturated heterocycles. The SMILES string of the molecule is COc1ccc([C@@H]2Oc3ccc(Cl)cc3[C@H]3CC(c4cccs4)=NN32)cc1. The molecule has 0 unspecified atom stereocenters. The lowest BCUT2D eigenvalue weighted by Crippen LogP contribution is -2.33. The number of fused-ring (bicyclic) bond motifs is 3. The number of hydrogen-bond donors (Lipinski definition) is 0. The molecule has 3 aromatic rings. The fourth-order valence-corrected chi connectivity index (χ4v) is 4.54. The highest BCUT2D eigenvalue weighted by Gasteiger charge is 2.41. The standard InChI is InChI=1S/C21H17ClN2O2S/c1-25-15-7-4-13(5-8-15)21-24-18(12-17(23-24)20-3-2-10-27-20)16-11-14(22)6-9-19(16)26-21/h2-11,18,21H,12H2,1H3/t18-,21+/m1/s1. The number of thiophene rings is 1. The first-order chi connectivity index (χ1) is 13.2. The molecule has 2 aromatic carbocycles. The van der Waals surface area contributed by atoms with Gasteiger partial charge in [0.1, 0.15) is 11.5 Å². The number of nitrogens with zero attached hydrogens (tertiary/aromatic N) is 2. The van der Waals surface area contributed by atoms with Crippen LogP contribution in [0.25, 0.3) is 0 Å². The first-order valence-electron chi connectivity index (χ1n) is 8.72. The Kier molecular flexibility index (Phi) is 4.06. The average molecular weight is 397 g/mol. The second-order valence-electron chi connectivity index (χ2n) is 6.55. The van der Waals surface area contributed by atoms with Crippen LogP contribution in [-0.4, -0.2) is 17.8 Å². The quantitative estimate of drug-likeness (QED) is 0.573. The van der Waals surface area contributed by atoms with Crippen LogP contribution in [0.3, 0.4) is 0 Å². The molecule has 4 nitrogen and oxygen atoms in total. The van der Waals surface area contributed by atoms with Crippen LogP contribution in [0.4, 0.5) is 0 Å². The summed E-state index contributed by atoms with van der Waals surface area (Å²) in [6, 6.07) is 18.1. The normalized spacial score (nSPS) is 20.5. The van der Waals surface area contributed by atoms with Gasteiger partial charge in [-0.2, -0.15) is 5.10 Å². The summed E-state index contributed by atoms with van der Waals surface area (Å²) in [4.78, 5) is 1.20. The maximum Gasteiger partial charge on any atom is 0.213 e. The highest BCUT2D eigenvalue weighted by molar-refractivity contribution is 7.12. The van der Waals surface area contributed by atoms with Crippen molar-refractivity contribution in [3.63, 3.8) is 0 Å². The molecule has 0 aliphatic carbocycles. The lowest BCUT2D eigenvalue weighted by atomic mass is 9.97. The summed E-state index contributed by atoms with van der Waals surface area (Å²) < 4.78 is 11.6. The lowest BCUT2D eigenvalue weighted by molar-refractivity contribution is -0.0190. The third-order valence-corrected chi connectivity index (χ3v) is 6.11. The predicted molar refractivity (Wildman–Crippen MR) is 108 cm³/mol. The predicted octanol–water partition coefficient (Wildman–Crippen LogP) is 5.65. The Morgan fingerprint density at radius 3 is 2.78 bits per heavy atom. The second kappa shape index (κ2) is 6.59. The van der Waals surface area contributed by atoms with Crippen molar-refractivity contribution in [1.29, 1.82) is 0 Å². The Balaban J connectivity index is 1.59. The first kappa shape index (κ1) is 16.7. The van der Waals surface area contributed by atoms with Gasteiger partial charge in [-0.05, 0) is 53.9 Å². The molecule has 0 spiro atoms. The van der Waals surface area contributed by atoms with Crippen molar-refractivity contribution in [3.05, 3.63) is 81.0 Å². The second-order valence-corrected chi connectivity index (χ2v) is 7.93. The van der Waals surface area contributed by atoms with Gasteiger partial charge in [0.15, 0.2) is 0 Å². The monoisotopic (exact) mass is 396 g/mol. The van der Waals surface area contributed by atoms with Crippen LogP contribution in [0.2, 0.25) is 5.02 Å². The van der Waals surface area contributed by atoms with Gasteiger partial charge in [-0.15, -0.1) is 11.3 Å². The van der Waals surface area contributed by atoms with E-state index >= 15 is 0 Å². The summed E-state index contributed by atoms with van der Waals surface area (Å²) in [6.07, 6.45) is 0.552. The third kappa shape index (κ3) is 2.87. The van der Waals surface area contributed by atoms with Crippen molar-refractivity contribution in [3.8, 4) is 11.5 Å². The molecule has 0 radical (unpaired) electrons. The molecule has 6 heteroatoms. The summed E-state index contributed by atoms with van der Waals surface area (Å²) >= 11 is 7.98. The number of hydrogen-bond acceptors (Lipinski definition) is 5. The average Bonchev–Trinajstić information content (AvgIpc) is 3.37. The minimum absolute atomic E-state index is 0.108. The van der Waals surface area contributed by atoms with E-state index in [1.54, 1.807) is 18.4 Å². The topological polar surface area (TPSA) is 34.1 Å². The van der Waals surface area contributed by atoms with Crippen LogP contribution < -0.4 is 9.47 Å². The van der Waals surface area contributed by atoms with Gasteiger partial charge < -0.3 is 9.47 Å². The van der Waals surface area contributed by atoms with E-state index in [-0.39, 0.29) is 12.3 Å². The lowest BCUT2D eigenvalue weighted by Gasteiger charge is -2.38. The Labute approximate surface area is 166 Å². The zero-order valence-corrected chi connectivity index (χ0v) is 16.2. The van der Waals surface area contributed by atoms with Crippen LogP contribution in [0.15, 0.2) is 65.1 Å². The fraction of sp³-hybridized carbons (Fsp3) is 0.190. The molecule has 1 aromatic heterocycles. The van der Waals surface area contributed by atoms with Crippen LogP contribution in [-0.2, 0) is 0 Å². The van der Waals surface area contributed by atoms with Crippen LogP contribution in [0, 0.1) is 0 Å². The van der Waals surface area contributed by atoms with Gasteiger partial charge in [0.05, 0.1) is 23.7 Å². The Bertz CT molecular complexity index is 1000. The molecule has 5 rings (SSSR count). The molecule has 0 fully saturated rings. The van der Waals surface area contributed by atoms with Gasteiger partial charge in [0, 0.05) is 22.6 Å². The molecule has 0 saturated carbocycles. The van der Waals surface area contributed by atoms with E-state index in [9.17, 15) is 0 Å². The van der Waals surface area contributed by atoms with Crippen molar-refractivity contribution < 1.29 is 9.47 Å². The molecule has 2 aliphatic heterocycles. The molecular weight excluding hydrogens is 380 g/mol. The number of ether oxygens (including phenoxy) is 2. The summed E-state index contributed by atoms with van der Waals surface area (Å²) in [7, 11) is 1.67. The van der Waals surface area contributed by atoms with Crippen LogP contribution >= 0.6 is 22.9 Å². The van der Waals surface area contributed by atoms with Crippen molar-refractivity contribution in [2.24, 2.45) is 5.10 Å². The van der Waals surface area contributed by atoms with Crippen molar-refractivity contribution in [2.45, 2.75) is 18.7 Å². The van der Waals surface area contributed by atoms with Gasteiger partial charge >= 0.3 is 0 Å². The Hall–Kier alpha value is -2.50. The summed E-state index contributed by atoms with van der Waals surface area (Å²) in [5.41, 5.74) is 3.21. The molecule has 27 heavy (non-hydrogen) atoms. The van der Waals surface area contributed by atoms with E-state index in [4.69, 9.17) is 26.2 Å². The fourth-order valence-electron chi connectivity index (χ4n) is 3.64. The van der Waals surface area contributed by atoms with Crippen molar-refractivity contribution in [1.82, 2.24) is 5.01 Å². The van der Waals surface area contributed by atoms with E-state index < -0.39 is 0 Å². The Morgan fingerprint density at radius 2 is 2.04 bits per heavy atom. The van der Waals surface area contributed by atoms with Gasteiger partial charge in [-0.25, -0.2) is 5.01 Å². The minimum Gasteiger partial charge on any atom is -0.497 e. The van der Waals surface area contributed by atoms with E-state index in [0.717, 1.165) is 34.8 Å². The van der Waals surface area contributed by atoms with Gasteiger partial charge in [0.2, 0.25) is 6.23 Å². The summed E-state index contributed by atoms with van der Waals surface area (Å²) in [5, 5.41) is 9.80. The zero-order valence-electron chi connectivity index (χ0n) is 14.6. The number of halogens is 1. The molecule has 0 amide bonds. The summed E-state index contributed by atoms with van der Waals surface area (Å²) in [6.45, 7) is 0. The maximum absolute atomic E-state index is 6.35. The van der Waals surface area contributed by atoms with E-state index in [1.165, 1.54) is 4.88 Å². The maximum atomic E-state index is 6.35. The van der Waals surface area contributed by atoms with Crippen LogP contribution in [0.1, 0.15) is 34.7 Å². The third-order valence-electron chi connectivity index (χ3n) is 4.96. The Morgan fingerprint density at radius 1 is 1.19 bits per heavy atom. The van der Waals surface area contributed by atoms with Gasteiger partial charge in [0.25, 0.3) is 0 Å². The van der Waals surface area contributed by atoms with Gasteiger partial charge in [-0.1, -0.05) is 17.7 Å². The molecule has 2 aliphatic rings. The molecule has 0 bridgehead atoms. The number of benzene rings is 2. The minimum atomic E-state index is -0.285. The highest BCUT2D eigenvalue weighted by Crippen LogP contribution is 2.48. The van der Waals surface area contributed by atoms with Crippen molar-refractivity contribution in [2.75, 3.05) is 7.11 Å².